The van der Waals surface area contributed by atoms with Gasteiger partial charge in [0, 0.05) is 0 Å². The molecule has 0 bridgehead atoms. The van der Waals surface area contributed by atoms with Crippen LogP contribution in [0, 0.1) is 0 Å². The molecular weight excluding hydrogens is 153 g/mol. The third kappa shape index (κ3) is 4.76. The third-order valence-electron chi connectivity index (χ3n) is 0.146. The maximum absolute atomic E-state index is 4.54. The van der Waals surface area contributed by atoms with Gasteiger partial charge < -0.3 is 0 Å². The Balaban J connectivity index is 3.75. The number of rotatable bonds is 1. The van der Waals surface area contributed by atoms with E-state index in [0.717, 1.165) is 0 Å². The van der Waals surface area contributed by atoms with Crippen LogP contribution in [0.1, 0.15) is 0 Å². The molecule has 0 fully saturated rings. The Labute approximate surface area is 52.4 Å². The summed E-state index contributed by atoms with van der Waals surface area (Å²) in [5.41, 5.74) is 0.398. The molecule has 0 aliphatic heterocycles. The standard InChI is InChI=1S/CH2NPS3/c4-1-2-3(5)6/h1H,(H,2,4,5,6). The van der Waals surface area contributed by atoms with Crippen LogP contribution >= 0.6 is 30.2 Å². The average Bonchev–Trinajstić information content (AvgIpc) is 1.35. The molecule has 0 radical (unpaired) electrons. The van der Waals surface area contributed by atoms with Gasteiger partial charge in [-0.05, 0) is 11.8 Å². The van der Waals surface area contributed by atoms with E-state index in [1.807, 2.05) is 0 Å². The van der Waals surface area contributed by atoms with Crippen LogP contribution < -0.4 is 0 Å². The summed E-state index contributed by atoms with van der Waals surface area (Å²) in [6, 6.07) is 0. The predicted octanol–water partition coefficient (Wildman–Crippen LogP) is 1.92. The van der Waals surface area contributed by atoms with E-state index in [2.05, 4.69) is 41.0 Å². The van der Waals surface area contributed by atoms with Crippen molar-refractivity contribution < 1.29 is 0 Å². The van der Waals surface area contributed by atoms with Crippen LogP contribution in [0.25, 0.3) is 0 Å². The van der Waals surface area contributed by atoms with Crippen molar-refractivity contribution in [2.75, 3.05) is 0 Å². The molecule has 0 saturated carbocycles. The highest BCUT2D eigenvalue weighted by atomic mass is 32.9. The lowest BCUT2D eigenvalue weighted by molar-refractivity contribution is 1.98. The van der Waals surface area contributed by atoms with Gasteiger partial charge in [-0.2, -0.15) is 0 Å². The molecule has 0 aliphatic rings. The van der Waals surface area contributed by atoms with Crippen molar-refractivity contribution in [3.8, 4) is 0 Å². The molecule has 0 aromatic carbocycles. The Bertz CT molecular complexity index is 112. The van der Waals surface area contributed by atoms with Gasteiger partial charge >= 0.3 is 0 Å². The van der Waals surface area contributed by atoms with E-state index in [0.29, 0.717) is 0 Å². The van der Waals surface area contributed by atoms with Crippen LogP contribution in [0.2, 0.25) is 0 Å². The van der Waals surface area contributed by atoms with Crippen molar-refractivity contribution in [2.45, 2.75) is 0 Å². The minimum atomic E-state index is -0.858. The van der Waals surface area contributed by atoms with Crippen LogP contribution in [-0.2, 0) is 11.8 Å². The molecule has 0 N–H and O–H groups in total. The van der Waals surface area contributed by atoms with E-state index in [1.54, 1.807) is 0 Å². The number of hydrogen-bond donors (Lipinski definition) is 1. The quantitative estimate of drug-likeness (QED) is 0.353. The van der Waals surface area contributed by atoms with Crippen LogP contribution in [0.3, 0.4) is 0 Å². The van der Waals surface area contributed by atoms with Crippen molar-refractivity contribution in [2.24, 2.45) is 4.74 Å². The molecule has 0 saturated heterocycles. The molecule has 6 heavy (non-hydrogen) atoms. The fraction of sp³-hybridized carbons (Fsp3) is 0. The van der Waals surface area contributed by atoms with E-state index in [4.69, 9.17) is 0 Å². The smallest absolute Gasteiger partial charge is 0.0959 e. The lowest BCUT2D eigenvalue weighted by atomic mass is 11.6. The van der Waals surface area contributed by atoms with E-state index < -0.39 is 5.69 Å². The predicted molar refractivity (Wildman–Crippen MR) is 39.4 cm³/mol. The second-order valence-corrected chi connectivity index (χ2v) is 4.41. The molecule has 0 aromatic heterocycles. The van der Waals surface area contributed by atoms with Crippen LogP contribution in [0.15, 0.2) is 4.74 Å². The fourth-order valence-electron chi connectivity index (χ4n) is 0.0403. The average molecular weight is 155 g/mol. The van der Waals surface area contributed by atoms with Crippen molar-refractivity contribution in [1.82, 2.24) is 0 Å². The largest absolute Gasteiger partial charge is 0.212 e. The monoisotopic (exact) mass is 155 g/mol. The minimum Gasteiger partial charge on any atom is -0.212 e. The van der Waals surface area contributed by atoms with Gasteiger partial charge in [0.15, 0.2) is 0 Å². The molecule has 0 rings (SSSR count). The maximum atomic E-state index is 4.54. The zero-order valence-corrected chi connectivity index (χ0v) is 6.16. The molecule has 0 amide bonds. The Hall–Kier alpha value is 0.760. The van der Waals surface area contributed by atoms with E-state index >= 15 is 0 Å². The van der Waals surface area contributed by atoms with Gasteiger partial charge in [-0.15, -0.1) is 0 Å². The topological polar surface area (TPSA) is 12.4 Å². The second kappa shape index (κ2) is 3.93. The molecule has 1 unspecified atom stereocenters. The summed E-state index contributed by atoms with van der Waals surface area (Å²) in [5.74, 6) is 0. The molecule has 0 spiro atoms. The molecule has 1 atom stereocenters. The van der Waals surface area contributed by atoms with Gasteiger partial charge in [-0.3, -0.25) is 0 Å². The van der Waals surface area contributed by atoms with Crippen LogP contribution in [-0.4, -0.2) is 5.49 Å². The summed E-state index contributed by atoms with van der Waals surface area (Å²) in [5, 5.41) is 0. The Morgan fingerprint density at radius 2 is 2.33 bits per heavy atom. The fourth-order valence-corrected chi connectivity index (χ4v) is 1.09. The molecule has 5 heteroatoms. The normalized spacial score (nSPS) is 11.2. The maximum Gasteiger partial charge on any atom is 0.0959 e. The van der Waals surface area contributed by atoms with Gasteiger partial charge in [0.1, 0.15) is 0 Å². The number of thiol groups is 1. The van der Waals surface area contributed by atoms with Crippen molar-refractivity contribution >= 4 is 47.5 Å². The highest BCUT2D eigenvalue weighted by molar-refractivity contribution is 8.52. The second-order valence-electron chi connectivity index (χ2n) is 0.474. The summed E-state index contributed by atoms with van der Waals surface area (Å²) in [4.78, 5) is 0. The Morgan fingerprint density at radius 3 is 2.33 bits per heavy atom. The zero-order chi connectivity index (χ0) is 4.99. The van der Waals surface area contributed by atoms with Gasteiger partial charge in [0.25, 0.3) is 0 Å². The molecular formula is CH2NPS3. The molecule has 1 nitrogen and oxygen atoms in total. The highest BCUT2D eigenvalue weighted by Crippen LogP contribution is 2.12. The van der Waals surface area contributed by atoms with E-state index in [9.17, 15) is 0 Å². The van der Waals surface area contributed by atoms with Crippen LogP contribution in [0.5, 0.6) is 0 Å². The first-order valence-electron chi connectivity index (χ1n) is 1.08. The molecule has 0 aromatic rings. The van der Waals surface area contributed by atoms with Gasteiger partial charge in [-0.25, -0.2) is 4.74 Å². The van der Waals surface area contributed by atoms with Gasteiger partial charge in [0.2, 0.25) is 0 Å². The summed E-state index contributed by atoms with van der Waals surface area (Å²) < 4.78 is 3.56. The summed E-state index contributed by atoms with van der Waals surface area (Å²) in [6.45, 7) is 0. The lowest BCUT2D eigenvalue weighted by Crippen LogP contribution is -1.37. The number of nitrogens with zero attached hydrogens (tertiary/aromatic N) is 1. The highest BCUT2D eigenvalue weighted by Gasteiger charge is 1.56. The lowest BCUT2D eigenvalue weighted by Gasteiger charge is -1.61. The van der Waals surface area contributed by atoms with E-state index in [-0.39, 0.29) is 0 Å². The van der Waals surface area contributed by atoms with Crippen molar-refractivity contribution in [3.63, 3.8) is 0 Å². The Kier molecular flexibility index (Phi) is 4.43. The molecule has 0 aliphatic carbocycles. The number of hydrogen-bond acceptors (Lipinski definition) is 2. The first-order chi connectivity index (χ1) is 2.77. The first kappa shape index (κ1) is 6.76. The van der Waals surface area contributed by atoms with E-state index in [1.165, 1.54) is 5.49 Å². The minimum absolute atomic E-state index is 0.858. The first-order valence-corrected chi connectivity index (χ1v) is 5.01. The van der Waals surface area contributed by atoms with Crippen molar-refractivity contribution in [3.05, 3.63) is 0 Å². The number of thiocarbonyl (C=S) groups is 1. The summed E-state index contributed by atoms with van der Waals surface area (Å²) in [6.07, 6.45) is 0. The van der Waals surface area contributed by atoms with Gasteiger partial charge in [0.05, 0.1) is 11.2 Å². The SMILES string of the molecule is S=C/N=P(=S)/S. The molecule has 0 heterocycles. The van der Waals surface area contributed by atoms with Crippen LogP contribution in [0.4, 0.5) is 0 Å². The summed E-state index contributed by atoms with van der Waals surface area (Å²) >= 11 is 12.7. The zero-order valence-electron chi connectivity index (χ0n) is 2.74. The third-order valence-corrected chi connectivity index (χ3v) is 1.31. The molecule has 34 valence electrons. The van der Waals surface area contributed by atoms with Crippen molar-refractivity contribution in [1.29, 1.82) is 0 Å². The Morgan fingerprint density at radius 1 is 1.83 bits per heavy atom. The summed E-state index contributed by atoms with van der Waals surface area (Å²) in [7, 11) is 0. The van der Waals surface area contributed by atoms with Gasteiger partial charge in [-0.1, -0.05) is 24.5 Å².